The van der Waals surface area contributed by atoms with Crippen molar-refractivity contribution in [3.63, 3.8) is 0 Å². The van der Waals surface area contributed by atoms with Gasteiger partial charge >= 0.3 is 11.9 Å². The van der Waals surface area contributed by atoms with Crippen LogP contribution in [0.4, 0.5) is 0 Å². The second-order valence-electron chi connectivity index (χ2n) is 2.70. The van der Waals surface area contributed by atoms with Crippen LogP contribution in [0.15, 0.2) is 0 Å². The molecule has 15 heavy (non-hydrogen) atoms. The topological polar surface area (TPSA) is 69.7 Å². The van der Waals surface area contributed by atoms with Crippen molar-refractivity contribution in [3.05, 3.63) is 0 Å². The molecular formula is C10H12O5. The van der Waals surface area contributed by atoms with E-state index in [0.29, 0.717) is 0 Å². The van der Waals surface area contributed by atoms with Gasteiger partial charge in [0.1, 0.15) is 12.3 Å². The monoisotopic (exact) mass is 212 g/mol. The Labute approximate surface area is 87.7 Å². The fourth-order valence-electron chi connectivity index (χ4n) is 0.926. The summed E-state index contributed by atoms with van der Waals surface area (Å²) in [7, 11) is 2.31. The van der Waals surface area contributed by atoms with Crippen molar-refractivity contribution in [1.82, 2.24) is 0 Å². The Bertz CT molecular complexity index is 299. The minimum Gasteiger partial charge on any atom is -0.469 e. The molecule has 0 saturated heterocycles. The lowest BCUT2D eigenvalue weighted by Gasteiger charge is -2.09. The average Bonchev–Trinajstić information content (AvgIpc) is 2.24. The van der Waals surface area contributed by atoms with Crippen molar-refractivity contribution in [2.75, 3.05) is 14.2 Å². The second-order valence-corrected chi connectivity index (χ2v) is 2.70. The van der Waals surface area contributed by atoms with E-state index >= 15 is 0 Å². The Balaban J connectivity index is 4.50. The summed E-state index contributed by atoms with van der Waals surface area (Å²) in [6.45, 7) is 0. The predicted molar refractivity (Wildman–Crippen MR) is 50.6 cm³/mol. The zero-order chi connectivity index (χ0) is 11.8. The van der Waals surface area contributed by atoms with Crippen molar-refractivity contribution in [2.24, 2.45) is 5.92 Å². The number of esters is 2. The van der Waals surface area contributed by atoms with E-state index < -0.39 is 30.1 Å². The number of ketones is 1. The molecule has 0 aromatic carbocycles. The van der Waals surface area contributed by atoms with Crippen LogP contribution in [0.3, 0.4) is 0 Å². The Hall–Kier alpha value is -1.83. The molecule has 0 fully saturated rings. The van der Waals surface area contributed by atoms with Crippen LogP contribution >= 0.6 is 0 Å². The first kappa shape index (κ1) is 13.2. The minimum atomic E-state index is -1.08. The number of Topliss-reactive ketones (excluding diaryl/α,β-unsaturated/α-hetero) is 1. The van der Waals surface area contributed by atoms with Crippen molar-refractivity contribution < 1.29 is 23.9 Å². The van der Waals surface area contributed by atoms with Crippen LogP contribution in [0.2, 0.25) is 0 Å². The van der Waals surface area contributed by atoms with Gasteiger partial charge in [0.15, 0.2) is 5.78 Å². The number of hydrogen-bond donors (Lipinski definition) is 0. The lowest BCUT2D eigenvalue weighted by atomic mass is 9.98. The van der Waals surface area contributed by atoms with Gasteiger partial charge in [0.25, 0.3) is 0 Å². The molecule has 82 valence electrons. The van der Waals surface area contributed by atoms with Gasteiger partial charge in [-0.1, -0.05) is 0 Å². The predicted octanol–water partition coefficient (Wildman–Crippen LogP) is -0.0689. The van der Waals surface area contributed by atoms with Gasteiger partial charge in [-0.25, -0.2) is 0 Å². The third-order valence-electron chi connectivity index (χ3n) is 1.74. The molecule has 0 heterocycles. The van der Waals surface area contributed by atoms with Crippen molar-refractivity contribution >= 4 is 17.7 Å². The summed E-state index contributed by atoms with van der Waals surface area (Å²) >= 11 is 0. The van der Waals surface area contributed by atoms with Crippen molar-refractivity contribution in [1.29, 1.82) is 0 Å². The van der Waals surface area contributed by atoms with E-state index in [-0.39, 0.29) is 6.42 Å². The first-order chi connectivity index (χ1) is 7.06. The molecule has 0 aliphatic rings. The van der Waals surface area contributed by atoms with Crippen LogP contribution in [-0.2, 0) is 23.9 Å². The van der Waals surface area contributed by atoms with Crippen LogP contribution in [0.5, 0.6) is 0 Å². The van der Waals surface area contributed by atoms with Crippen LogP contribution in [-0.4, -0.2) is 31.9 Å². The lowest BCUT2D eigenvalue weighted by molar-refractivity contribution is -0.151. The number of methoxy groups -OCH3 is 2. The molecule has 5 heteroatoms. The summed E-state index contributed by atoms with van der Waals surface area (Å²) in [6.07, 6.45) is 4.44. The SMILES string of the molecule is C#CCC(C(=O)CC(=O)OC)C(=O)OC. The van der Waals surface area contributed by atoms with Gasteiger partial charge in [-0.3, -0.25) is 14.4 Å². The highest BCUT2D eigenvalue weighted by atomic mass is 16.5. The quantitative estimate of drug-likeness (QED) is 0.362. The highest BCUT2D eigenvalue weighted by Crippen LogP contribution is 2.09. The third-order valence-corrected chi connectivity index (χ3v) is 1.74. The molecule has 0 aromatic rings. The Morgan fingerprint density at radius 3 is 2.27 bits per heavy atom. The van der Waals surface area contributed by atoms with Crippen LogP contribution < -0.4 is 0 Å². The van der Waals surface area contributed by atoms with Crippen molar-refractivity contribution in [3.8, 4) is 12.3 Å². The number of rotatable bonds is 5. The maximum absolute atomic E-state index is 11.4. The smallest absolute Gasteiger partial charge is 0.317 e. The third kappa shape index (κ3) is 4.27. The van der Waals surface area contributed by atoms with Crippen LogP contribution in [0.1, 0.15) is 12.8 Å². The molecule has 0 bridgehead atoms. The molecule has 0 radical (unpaired) electrons. The number of hydrogen-bond acceptors (Lipinski definition) is 5. The van der Waals surface area contributed by atoms with Gasteiger partial charge in [-0.2, -0.15) is 0 Å². The first-order valence-electron chi connectivity index (χ1n) is 4.17. The largest absolute Gasteiger partial charge is 0.469 e. The number of carbonyl (C=O) groups is 3. The summed E-state index contributed by atoms with van der Waals surface area (Å²) in [5.41, 5.74) is 0. The Kier molecular flexibility index (Phi) is 5.79. The maximum atomic E-state index is 11.4. The van der Waals surface area contributed by atoms with E-state index in [4.69, 9.17) is 6.42 Å². The first-order valence-corrected chi connectivity index (χ1v) is 4.17. The van der Waals surface area contributed by atoms with E-state index in [1.807, 2.05) is 0 Å². The van der Waals surface area contributed by atoms with E-state index in [1.165, 1.54) is 0 Å². The molecule has 0 aliphatic carbocycles. The van der Waals surface area contributed by atoms with Gasteiger partial charge in [0, 0.05) is 6.42 Å². The summed E-state index contributed by atoms with van der Waals surface area (Å²) in [5, 5.41) is 0. The van der Waals surface area contributed by atoms with E-state index in [0.717, 1.165) is 14.2 Å². The number of terminal acetylenes is 1. The lowest BCUT2D eigenvalue weighted by Crippen LogP contribution is -2.27. The fraction of sp³-hybridized carbons (Fsp3) is 0.500. The summed E-state index contributed by atoms with van der Waals surface area (Å²) in [6, 6.07) is 0. The minimum absolute atomic E-state index is 0.0809. The Morgan fingerprint density at radius 1 is 1.27 bits per heavy atom. The summed E-state index contributed by atoms with van der Waals surface area (Å²) < 4.78 is 8.69. The molecule has 0 saturated carbocycles. The molecule has 0 aliphatic heterocycles. The molecule has 0 aromatic heterocycles. The van der Waals surface area contributed by atoms with E-state index in [1.54, 1.807) is 0 Å². The zero-order valence-electron chi connectivity index (χ0n) is 8.61. The van der Waals surface area contributed by atoms with Crippen LogP contribution in [0.25, 0.3) is 0 Å². The second kappa shape index (κ2) is 6.60. The molecule has 1 atom stereocenters. The highest BCUT2D eigenvalue weighted by Gasteiger charge is 2.28. The average molecular weight is 212 g/mol. The molecule has 0 rings (SSSR count). The zero-order valence-corrected chi connectivity index (χ0v) is 8.61. The van der Waals surface area contributed by atoms with Crippen LogP contribution in [0, 0.1) is 18.3 Å². The Morgan fingerprint density at radius 2 is 1.87 bits per heavy atom. The van der Waals surface area contributed by atoms with Gasteiger partial charge in [0.05, 0.1) is 14.2 Å². The molecule has 0 N–H and O–H groups in total. The standard InChI is InChI=1S/C10H12O5/c1-4-5-7(10(13)15-3)8(11)6-9(12)14-2/h1,7H,5-6H2,2-3H3. The van der Waals surface area contributed by atoms with Gasteiger partial charge in [-0.05, 0) is 0 Å². The van der Waals surface area contributed by atoms with Crippen molar-refractivity contribution in [2.45, 2.75) is 12.8 Å². The van der Waals surface area contributed by atoms with Gasteiger partial charge < -0.3 is 9.47 Å². The number of carbonyl (C=O) groups excluding carboxylic acids is 3. The summed E-state index contributed by atoms with van der Waals surface area (Å²) in [4.78, 5) is 33.3. The fourth-order valence-corrected chi connectivity index (χ4v) is 0.926. The normalized spacial score (nSPS) is 11.0. The number of ether oxygens (including phenoxy) is 2. The highest BCUT2D eigenvalue weighted by molar-refractivity contribution is 6.06. The van der Waals surface area contributed by atoms with E-state index in [9.17, 15) is 14.4 Å². The summed E-state index contributed by atoms with van der Waals surface area (Å²) in [5.74, 6) is -0.931. The molecule has 1 unspecified atom stereocenters. The van der Waals surface area contributed by atoms with E-state index in [2.05, 4.69) is 15.4 Å². The maximum Gasteiger partial charge on any atom is 0.317 e. The molecule has 0 amide bonds. The van der Waals surface area contributed by atoms with Gasteiger partial charge in [-0.15, -0.1) is 12.3 Å². The molecule has 0 spiro atoms. The molecular weight excluding hydrogens is 200 g/mol. The van der Waals surface area contributed by atoms with Gasteiger partial charge in [0.2, 0.25) is 0 Å². The molecule has 5 nitrogen and oxygen atoms in total.